The summed E-state index contributed by atoms with van der Waals surface area (Å²) in [5.41, 5.74) is 0. The fourth-order valence-corrected chi connectivity index (χ4v) is 2.29. The van der Waals surface area contributed by atoms with E-state index in [1.165, 1.54) is 0 Å². The molecular weight excluding hydrogens is 283 g/mol. The molecule has 0 aliphatic rings. The Hall–Kier alpha value is -0.970. The summed E-state index contributed by atoms with van der Waals surface area (Å²) in [5, 5.41) is 0. The van der Waals surface area contributed by atoms with Crippen molar-refractivity contribution >= 4 is 19.3 Å². The number of esters is 1. The minimum Gasteiger partial charge on any atom is -0.463 e. The fourth-order valence-electron chi connectivity index (χ4n) is 1.67. The van der Waals surface area contributed by atoms with Crippen molar-refractivity contribution in [3.63, 3.8) is 0 Å². The summed E-state index contributed by atoms with van der Waals surface area (Å²) >= 11 is 0. The van der Waals surface area contributed by atoms with Crippen molar-refractivity contribution in [2.75, 3.05) is 12.8 Å². The molecule has 0 aromatic heterocycles. The molecule has 0 heterocycles. The summed E-state index contributed by atoms with van der Waals surface area (Å²) in [4.78, 5) is 39.1. The number of rotatable bonds is 12. The maximum Gasteiger partial charge on any atom is 0.332 e. The van der Waals surface area contributed by atoms with E-state index in [0.29, 0.717) is 13.0 Å². The maximum atomic E-state index is 11.2. The molecular formula is C13H23O6P. The van der Waals surface area contributed by atoms with E-state index >= 15 is 0 Å². The van der Waals surface area contributed by atoms with Crippen LogP contribution in [0.1, 0.15) is 44.9 Å². The van der Waals surface area contributed by atoms with Crippen LogP contribution in [0, 0.1) is 0 Å². The van der Waals surface area contributed by atoms with Crippen LogP contribution >= 0.6 is 7.60 Å². The predicted octanol–water partition coefficient (Wildman–Crippen LogP) is 2.19. The molecule has 116 valence electrons. The third kappa shape index (κ3) is 13.5. The van der Waals surface area contributed by atoms with Gasteiger partial charge in [-0.2, -0.15) is 0 Å². The molecule has 6 nitrogen and oxygen atoms in total. The Kier molecular flexibility index (Phi) is 10.3. The van der Waals surface area contributed by atoms with Gasteiger partial charge in [0.1, 0.15) is 11.9 Å². The number of hydrogen-bond donors (Lipinski definition) is 2. The van der Waals surface area contributed by atoms with Gasteiger partial charge in [0, 0.05) is 12.5 Å². The molecule has 0 fully saturated rings. The molecule has 0 radical (unpaired) electrons. The zero-order valence-corrected chi connectivity index (χ0v) is 12.5. The summed E-state index contributed by atoms with van der Waals surface area (Å²) in [5.74, 6) is -0.789. The first-order chi connectivity index (χ1) is 9.35. The summed E-state index contributed by atoms with van der Waals surface area (Å²) < 4.78 is 15.4. The van der Waals surface area contributed by atoms with Crippen LogP contribution in [0.3, 0.4) is 0 Å². The maximum absolute atomic E-state index is 11.2. The molecule has 0 amide bonds. The van der Waals surface area contributed by atoms with Gasteiger partial charge in [0.15, 0.2) is 0 Å². The van der Waals surface area contributed by atoms with Crippen molar-refractivity contribution in [1.82, 2.24) is 0 Å². The zero-order chi connectivity index (χ0) is 15.4. The summed E-state index contributed by atoms with van der Waals surface area (Å²) in [6, 6.07) is 0. The fraction of sp³-hybridized carbons (Fsp3) is 0.692. The molecule has 0 bridgehead atoms. The second-order valence-corrected chi connectivity index (χ2v) is 6.25. The average Bonchev–Trinajstić information content (AvgIpc) is 2.34. The van der Waals surface area contributed by atoms with Gasteiger partial charge in [-0.3, -0.25) is 9.36 Å². The first-order valence-electron chi connectivity index (χ1n) is 6.70. The Morgan fingerprint density at radius 2 is 1.60 bits per heavy atom. The number of ether oxygens (including phenoxy) is 1. The van der Waals surface area contributed by atoms with E-state index in [1.54, 1.807) is 0 Å². The van der Waals surface area contributed by atoms with Crippen molar-refractivity contribution in [1.29, 1.82) is 0 Å². The van der Waals surface area contributed by atoms with Gasteiger partial charge in [-0.25, -0.2) is 4.79 Å². The monoisotopic (exact) mass is 306 g/mol. The largest absolute Gasteiger partial charge is 0.463 e. The Morgan fingerprint density at radius 1 is 1.05 bits per heavy atom. The van der Waals surface area contributed by atoms with Gasteiger partial charge >= 0.3 is 13.6 Å². The minimum absolute atomic E-state index is 0.224. The predicted molar refractivity (Wildman–Crippen MR) is 75.4 cm³/mol. The van der Waals surface area contributed by atoms with E-state index < -0.39 is 19.7 Å². The van der Waals surface area contributed by atoms with Crippen LogP contribution in [0.2, 0.25) is 0 Å². The summed E-state index contributed by atoms with van der Waals surface area (Å²) in [6.07, 6.45) is 5.91. The highest BCUT2D eigenvalue weighted by Crippen LogP contribution is 2.34. The Bertz CT molecular complexity index is 360. The molecule has 0 saturated heterocycles. The minimum atomic E-state index is -4.20. The smallest absolute Gasteiger partial charge is 0.332 e. The van der Waals surface area contributed by atoms with E-state index in [9.17, 15) is 14.2 Å². The average molecular weight is 306 g/mol. The van der Waals surface area contributed by atoms with Crippen LogP contribution in [-0.4, -0.2) is 34.3 Å². The molecule has 0 aromatic carbocycles. The summed E-state index contributed by atoms with van der Waals surface area (Å²) in [6.45, 7) is 3.69. The first-order valence-corrected chi connectivity index (χ1v) is 8.50. The SMILES string of the molecule is C=CC(=O)OCCCCCCCCC(=O)CP(=O)(O)O. The highest BCUT2D eigenvalue weighted by Gasteiger charge is 2.18. The van der Waals surface area contributed by atoms with E-state index in [1.807, 2.05) is 0 Å². The number of carbonyl (C=O) groups excluding carboxylic acids is 2. The van der Waals surface area contributed by atoms with Crippen molar-refractivity contribution < 1.29 is 28.7 Å². The molecule has 0 unspecified atom stereocenters. The van der Waals surface area contributed by atoms with Crippen LogP contribution in [0.15, 0.2) is 12.7 Å². The first kappa shape index (κ1) is 19.0. The normalized spacial score (nSPS) is 11.1. The van der Waals surface area contributed by atoms with Crippen LogP contribution in [0.5, 0.6) is 0 Å². The second kappa shape index (κ2) is 10.8. The third-order valence-corrected chi connectivity index (χ3v) is 3.41. The van der Waals surface area contributed by atoms with Gasteiger partial charge < -0.3 is 14.5 Å². The highest BCUT2D eigenvalue weighted by molar-refractivity contribution is 7.52. The lowest BCUT2D eigenvalue weighted by atomic mass is 10.1. The molecule has 0 atom stereocenters. The van der Waals surface area contributed by atoms with Crippen molar-refractivity contribution in [2.24, 2.45) is 0 Å². The van der Waals surface area contributed by atoms with E-state index in [2.05, 4.69) is 6.58 Å². The second-order valence-electron chi connectivity index (χ2n) is 4.60. The molecule has 0 aromatic rings. The van der Waals surface area contributed by atoms with Gasteiger partial charge in [0.05, 0.1) is 6.61 Å². The lowest BCUT2D eigenvalue weighted by Gasteiger charge is -2.04. The topological polar surface area (TPSA) is 101 Å². The molecule has 0 aliphatic heterocycles. The van der Waals surface area contributed by atoms with Crippen molar-refractivity contribution in [3.05, 3.63) is 12.7 Å². The lowest BCUT2D eigenvalue weighted by Crippen LogP contribution is -2.04. The third-order valence-electron chi connectivity index (χ3n) is 2.64. The molecule has 0 spiro atoms. The van der Waals surface area contributed by atoms with Crippen LogP contribution in [-0.2, 0) is 18.9 Å². The molecule has 2 N–H and O–H groups in total. The van der Waals surface area contributed by atoms with Gasteiger partial charge in [0.25, 0.3) is 0 Å². The lowest BCUT2D eigenvalue weighted by molar-refractivity contribution is -0.137. The summed E-state index contributed by atoms with van der Waals surface area (Å²) in [7, 11) is -4.20. The Balaban J connectivity index is 3.33. The zero-order valence-electron chi connectivity index (χ0n) is 11.6. The molecule has 0 rings (SSSR count). The number of carbonyl (C=O) groups is 2. The van der Waals surface area contributed by atoms with E-state index in [4.69, 9.17) is 14.5 Å². The van der Waals surface area contributed by atoms with Crippen molar-refractivity contribution in [2.45, 2.75) is 44.9 Å². The standard InChI is InChI=1S/C13H23O6P/c1-2-13(15)19-10-8-6-4-3-5-7-9-12(14)11-20(16,17)18/h2H,1,3-11H2,(H2,16,17,18). The van der Waals surface area contributed by atoms with Crippen LogP contribution in [0.4, 0.5) is 0 Å². The van der Waals surface area contributed by atoms with Crippen molar-refractivity contribution in [3.8, 4) is 0 Å². The quantitative estimate of drug-likeness (QED) is 0.248. The Morgan fingerprint density at radius 3 is 2.15 bits per heavy atom. The highest BCUT2D eigenvalue weighted by atomic mass is 31.2. The van der Waals surface area contributed by atoms with Crippen LogP contribution < -0.4 is 0 Å². The van der Waals surface area contributed by atoms with E-state index in [0.717, 1.165) is 38.2 Å². The molecule has 20 heavy (non-hydrogen) atoms. The molecule has 7 heteroatoms. The molecule has 0 aliphatic carbocycles. The van der Waals surface area contributed by atoms with Gasteiger partial charge in [0.2, 0.25) is 0 Å². The van der Waals surface area contributed by atoms with Gasteiger partial charge in [-0.15, -0.1) is 0 Å². The number of unbranched alkanes of at least 4 members (excludes halogenated alkanes) is 5. The van der Waals surface area contributed by atoms with Crippen LogP contribution in [0.25, 0.3) is 0 Å². The Labute approximate surface area is 119 Å². The van der Waals surface area contributed by atoms with Gasteiger partial charge in [-0.1, -0.05) is 32.3 Å². The van der Waals surface area contributed by atoms with E-state index in [-0.39, 0.29) is 12.2 Å². The number of hydrogen-bond acceptors (Lipinski definition) is 4. The number of ketones is 1. The molecule has 0 saturated carbocycles. The number of Topliss-reactive ketones (excluding diaryl/α,β-unsaturated/α-hetero) is 1. The van der Waals surface area contributed by atoms with Gasteiger partial charge in [-0.05, 0) is 12.8 Å².